The van der Waals surface area contributed by atoms with Crippen LogP contribution in [0.25, 0.3) is 0 Å². The second-order valence-electron chi connectivity index (χ2n) is 9.01. The number of anilines is 1. The van der Waals surface area contributed by atoms with E-state index < -0.39 is 12.1 Å². The van der Waals surface area contributed by atoms with Gasteiger partial charge in [0.05, 0.1) is 0 Å². The van der Waals surface area contributed by atoms with Gasteiger partial charge >= 0.3 is 6.03 Å². The Kier molecular flexibility index (Phi) is 7.34. The number of piperazine rings is 1. The van der Waals surface area contributed by atoms with E-state index in [1.165, 1.54) is 0 Å². The first-order valence-corrected chi connectivity index (χ1v) is 12.4. The molecule has 2 aromatic carbocycles. The molecule has 1 fully saturated rings. The number of aliphatic imine (C=N–C) groups is 1. The fourth-order valence-corrected chi connectivity index (χ4v) is 4.30. The molecule has 3 heterocycles. The Morgan fingerprint density at radius 1 is 0.895 bits per heavy atom. The lowest BCUT2D eigenvalue weighted by Gasteiger charge is -2.38. The van der Waals surface area contributed by atoms with Crippen LogP contribution in [0.5, 0.6) is 11.5 Å². The minimum absolute atomic E-state index is 0.134. The predicted octanol–water partition coefficient (Wildman–Crippen LogP) is 2.89. The number of benzene rings is 2. The van der Waals surface area contributed by atoms with Gasteiger partial charge in [0.2, 0.25) is 12.1 Å². The van der Waals surface area contributed by atoms with Crippen LogP contribution in [-0.4, -0.2) is 76.6 Å². The van der Waals surface area contributed by atoms with Crippen LogP contribution in [0, 0.1) is 13.8 Å². The van der Waals surface area contributed by atoms with Gasteiger partial charge in [-0.2, -0.15) is 4.99 Å². The lowest BCUT2D eigenvalue weighted by Crippen LogP contribution is -2.57. The molecule has 1 unspecified atom stereocenters. The normalized spacial score (nSPS) is 17.1. The number of ether oxygens (including phenoxy) is 2. The van der Waals surface area contributed by atoms with Crippen molar-refractivity contribution in [2.45, 2.75) is 20.0 Å². The molecule has 38 heavy (non-hydrogen) atoms. The average molecular weight is 516 g/mol. The number of amides is 3. The molecular weight excluding hydrogens is 486 g/mol. The van der Waals surface area contributed by atoms with Gasteiger partial charge in [-0.3, -0.25) is 10.1 Å². The first kappa shape index (κ1) is 25.0. The lowest BCUT2D eigenvalue weighted by molar-refractivity contribution is -0.142. The van der Waals surface area contributed by atoms with Crippen molar-refractivity contribution >= 4 is 29.5 Å². The third-order valence-electron chi connectivity index (χ3n) is 6.11. The van der Waals surface area contributed by atoms with E-state index in [1.807, 2.05) is 61.2 Å². The molecule has 0 saturated carbocycles. The van der Waals surface area contributed by atoms with Crippen LogP contribution in [0.3, 0.4) is 0 Å². The molecule has 0 radical (unpaired) electrons. The molecule has 0 bridgehead atoms. The van der Waals surface area contributed by atoms with Gasteiger partial charge in [-0.05, 0) is 44.2 Å². The Balaban J connectivity index is 1.27. The smallest absolute Gasteiger partial charge is 0.326 e. The highest BCUT2D eigenvalue weighted by Gasteiger charge is 2.33. The summed E-state index contributed by atoms with van der Waals surface area (Å²) < 4.78 is 11.6. The van der Waals surface area contributed by atoms with Crippen LogP contribution in [0.1, 0.15) is 11.4 Å². The van der Waals surface area contributed by atoms with Crippen LogP contribution in [0.2, 0.25) is 0 Å². The van der Waals surface area contributed by atoms with Gasteiger partial charge in [0.15, 0.2) is 11.5 Å². The molecule has 2 aliphatic rings. The highest BCUT2D eigenvalue weighted by atomic mass is 16.6. The number of nitrogens with one attached hydrogen (secondary N) is 2. The van der Waals surface area contributed by atoms with E-state index in [2.05, 4.69) is 25.6 Å². The summed E-state index contributed by atoms with van der Waals surface area (Å²) in [5, 5.41) is 5.64. The summed E-state index contributed by atoms with van der Waals surface area (Å²) in [7, 11) is 0. The Bertz CT molecular complexity index is 1320. The van der Waals surface area contributed by atoms with Gasteiger partial charge in [-0.15, -0.1) is 0 Å². The van der Waals surface area contributed by atoms with Crippen LogP contribution < -0.4 is 20.1 Å². The number of guanidine groups is 1. The van der Waals surface area contributed by atoms with Crippen molar-refractivity contribution in [1.29, 1.82) is 0 Å². The third-order valence-corrected chi connectivity index (χ3v) is 6.11. The van der Waals surface area contributed by atoms with E-state index in [4.69, 9.17) is 9.47 Å². The number of nitrogens with zero attached hydrogens (tertiary/aromatic N) is 5. The van der Waals surface area contributed by atoms with E-state index in [0.717, 1.165) is 11.4 Å². The fraction of sp³-hybridized carbons (Fsp3) is 0.296. The number of aromatic nitrogens is 2. The number of hydrogen-bond donors (Lipinski definition) is 2. The fourth-order valence-electron chi connectivity index (χ4n) is 4.30. The first-order valence-electron chi connectivity index (χ1n) is 12.4. The highest BCUT2D eigenvalue weighted by molar-refractivity contribution is 6.03. The van der Waals surface area contributed by atoms with Gasteiger partial charge < -0.3 is 24.6 Å². The van der Waals surface area contributed by atoms with Gasteiger partial charge in [-0.1, -0.05) is 30.3 Å². The monoisotopic (exact) mass is 515 g/mol. The van der Waals surface area contributed by atoms with E-state index in [1.54, 1.807) is 23.1 Å². The molecule has 11 nitrogen and oxygen atoms in total. The minimum atomic E-state index is -0.706. The molecule has 0 spiro atoms. The third kappa shape index (κ3) is 6.00. The van der Waals surface area contributed by atoms with Crippen molar-refractivity contribution in [1.82, 2.24) is 25.1 Å². The number of carbonyl (C=O) groups excluding carboxylic acids is 2. The lowest BCUT2D eigenvalue weighted by atomic mass is 10.2. The molecule has 5 rings (SSSR count). The molecule has 2 aliphatic heterocycles. The molecule has 2 N–H and O–H groups in total. The zero-order chi connectivity index (χ0) is 26.5. The summed E-state index contributed by atoms with van der Waals surface area (Å²) in [6, 6.07) is 17.9. The van der Waals surface area contributed by atoms with Gasteiger partial charge in [0.1, 0.15) is 6.61 Å². The summed E-state index contributed by atoms with van der Waals surface area (Å²) in [5.74, 6) is 1.62. The van der Waals surface area contributed by atoms with Crippen molar-refractivity contribution in [2.24, 2.45) is 4.99 Å². The number of urea groups is 1. The standard InChI is InChI=1S/C27H29N7O4/c1-18-16-19(2)29-25(28-18)31-26(32-27(36)30-20-8-4-3-5-9-20)34-14-12-33(13-15-34)24(35)23-17-37-21-10-6-7-11-22(21)38-23/h3-11,16,23H,12-15,17H2,1-2H3,(H2,28,29,30,31,32,36). The number of aryl methyl sites for hydroxylation is 2. The zero-order valence-electron chi connectivity index (χ0n) is 21.3. The van der Waals surface area contributed by atoms with Gasteiger partial charge in [0, 0.05) is 43.3 Å². The average Bonchev–Trinajstić information content (AvgIpc) is 2.92. The molecule has 1 aromatic heterocycles. The summed E-state index contributed by atoms with van der Waals surface area (Å²) in [6.45, 7) is 5.64. The largest absolute Gasteiger partial charge is 0.485 e. The zero-order valence-corrected chi connectivity index (χ0v) is 21.3. The maximum atomic E-state index is 13.2. The molecule has 3 aromatic rings. The molecule has 1 saturated heterocycles. The van der Waals surface area contributed by atoms with Crippen molar-refractivity contribution < 1.29 is 19.1 Å². The molecular formula is C27H29N7O4. The molecule has 3 amide bonds. The minimum Gasteiger partial charge on any atom is -0.485 e. The van der Waals surface area contributed by atoms with Crippen LogP contribution in [-0.2, 0) is 4.79 Å². The predicted molar refractivity (Wildman–Crippen MR) is 142 cm³/mol. The van der Waals surface area contributed by atoms with Crippen LogP contribution in [0.15, 0.2) is 65.7 Å². The maximum Gasteiger partial charge on any atom is 0.326 e. The van der Waals surface area contributed by atoms with E-state index >= 15 is 0 Å². The number of para-hydroxylation sites is 3. The highest BCUT2D eigenvalue weighted by Crippen LogP contribution is 2.31. The Labute approximate surface area is 220 Å². The van der Waals surface area contributed by atoms with Crippen LogP contribution >= 0.6 is 0 Å². The molecule has 196 valence electrons. The maximum absolute atomic E-state index is 13.2. The topological polar surface area (TPSA) is 121 Å². The number of rotatable bonds is 3. The molecule has 0 aliphatic carbocycles. The summed E-state index contributed by atoms with van der Waals surface area (Å²) in [4.78, 5) is 43.0. The molecule has 1 atom stereocenters. The van der Waals surface area contributed by atoms with E-state index in [0.29, 0.717) is 49.3 Å². The Morgan fingerprint density at radius 2 is 1.53 bits per heavy atom. The van der Waals surface area contributed by atoms with Gasteiger partial charge in [0.25, 0.3) is 11.9 Å². The first-order chi connectivity index (χ1) is 18.4. The van der Waals surface area contributed by atoms with Crippen molar-refractivity contribution in [3.8, 4) is 11.5 Å². The molecule has 11 heteroatoms. The summed E-state index contributed by atoms with van der Waals surface area (Å²) >= 11 is 0. The van der Waals surface area contributed by atoms with Gasteiger partial charge in [-0.25, -0.2) is 14.8 Å². The Hall–Kier alpha value is -4.67. The van der Waals surface area contributed by atoms with E-state index in [9.17, 15) is 9.59 Å². The Morgan fingerprint density at radius 3 is 2.24 bits per heavy atom. The van der Waals surface area contributed by atoms with Crippen molar-refractivity contribution in [3.63, 3.8) is 0 Å². The van der Waals surface area contributed by atoms with Crippen LogP contribution in [0.4, 0.5) is 16.4 Å². The summed E-state index contributed by atoms with van der Waals surface area (Å²) in [6.07, 6.45) is -0.706. The number of carbonyl (C=O) groups is 2. The number of fused-ring (bicyclic) bond motifs is 1. The van der Waals surface area contributed by atoms with Crippen molar-refractivity contribution in [2.75, 3.05) is 38.1 Å². The second-order valence-corrected chi connectivity index (χ2v) is 9.01. The number of hydrogen-bond acceptors (Lipinski definition) is 7. The van der Waals surface area contributed by atoms with E-state index in [-0.39, 0.29) is 18.5 Å². The quantitative estimate of drug-likeness (QED) is 0.406. The second kappa shape index (κ2) is 11.2. The summed E-state index contributed by atoms with van der Waals surface area (Å²) in [5.41, 5.74) is 2.20. The SMILES string of the molecule is Cc1cc(C)nc(/N=C(\NC(=O)Nc2ccccc2)N2CCN(C(=O)C3COc4ccccc4O3)CC2)n1. The van der Waals surface area contributed by atoms with Crippen molar-refractivity contribution in [3.05, 3.63) is 72.1 Å².